The van der Waals surface area contributed by atoms with E-state index in [4.69, 9.17) is 4.42 Å². The highest BCUT2D eigenvalue weighted by Crippen LogP contribution is 2.38. The highest BCUT2D eigenvalue weighted by atomic mass is 16.4. The fourth-order valence-electron chi connectivity index (χ4n) is 4.59. The van der Waals surface area contributed by atoms with Crippen LogP contribution in [0.2, 0.25) is 0 Å². The fourth-order valence-corrected chi connectivity index (χ4v) is 4.59. The second-order valence-electron chi connectivity index (χ2n) is 7.59. The lowest BCUT2D eigenvalue weighted by Gasteiger charge is -2.31. The number of furan rings is 1. The van der Waals surface area contributed by atoms with Crippen LogP contribution in [0, 0.1) is 11.8 Å². The maximum atomic E-state index is 11.5. The molecule has 4 rings (SSSR count). The Morgan fingerprint density at radius 2 is 1.88 bits per heavy atom. The summed E-state index contributed by atoms with van der Waals surface area (Å²) in [6.07, 6.45) is 7.87. The quantitative estimate of drug-likeness (QED) is 0.902. The van der Waals surface area contributed by atoms with Gasteiger partial charge in [-0.1, -0.05) is 36.8 Å². The van der Waals surface area contributed by atoms with E-state index < -0.39 is 5.60 Å². The highest BCUT2D eigenvalue weighted by molar-refractivity contribution is 5.30. The van der Waals surface area contributed by atoms with E-state index in [0.717, 1.165) is 23.9 Å². The topological polar surface area (TPSA) is 36.6 Å². The van der Waals surface area contributed by atoms with Gasteiger partial charge in [0.1, 0.15) is 11.4 Å². The Balaban J connectivity index is 1.50. The summed E-state index contributed by atoms with van der Waals surface area (Å²) < 4.78 is 5.60. The van der Waals surface area contributed by atoms with E-state index >= 15 is 0 Å². The van der Waals surface area contributed by atoms with E-state index in [1.54, 1.807) is 6.26 Å². The number of benzene rings is 1. The van der Waals surface area contributed by atoms with Gasteiger partial charge in [0, 0.05) is 19.5 Å². The molecule has 0 amide bonds. The van der Waals surface area contributed by atoms with Crippen molar-refractivity contribution >= 4 is 0 Å². The lowest BCUT2D eigenvalue weighted by atomic mass is 9.87. The zero-order chi connectivity index (χ0) is 16.4. The molecule has 0 spiro atoms. The van der Waals surface area contributed by atoms with E-state index in [1.165, 1.54) is 38.8 Å². The molecule has 3 atom stereocenters. The van der Waals surface area contributed by atoms with E-state index in [0.29, 0.717) is 12.2 Å². The Bertz CT molecular complexity index is 639. The van der Waals surface area contributed by atoms with Crippen molar-refractivity contribution in [1.82, 2.24) is 4.90 Å². The first-order valence-electron chi connectivity index (χ1n) is 9.28. The van der Waals surface area contributed by atoms with Crippen molar-refractivity contribution in [3.8, 4) is 0 Å². The van der Waals surface area contributed by atoms with Gasteiger partial charge >= 0.3 is 0 Å². The van der Waals surface area contributed by atoms with Crippen LogP contribution >= 0.6 is 0 Å². The molecular formula is C21H27NO2. The zero-order valence-electron chi connectivity index (χ0n) is 14.2. The third-order valence-corrected chi connectivity index (χ3v) is 5.99. The SMILES string of the molecule is OC(CCN1CCC2CCC(C2)C1)(c1ccccc1)c1ccco1. The standard InChI is InChI=1S/C21H27NO2/c23-21(20-7-4-14-24-20,19-5-2-1-3-6-19)11-13-22-12-10-17-8-9-18(15-17)16-22/h1-7,14,17-18,23H,8-13,15-16H2. The number of fused-ring (bicyclic) bond motifs is 2. The van der Waals surface area contributed by atoms with Crippen LogP contribution in [0.15, 0.2) is 53.1 Å². The third-order valence-electron chi connectivity index (χ3n) is 5.99. The first-order valence-corrected chi connectivity index (χ1v) is 9.28. The van der Waals surface area contributed by atoms with Crippen LogP contribution in [0.25, 0.3) is 0 Å². The van der Waals surface area contributed by atoms with Gasteiger partial charge < -0.3 is 14.4 Å². The molecule has 1 aromatic heterocycles. The number of likely N-dealkylation sites (tertiary alicyclic amines) is 1. The minimum atomic E-state index is -1.05. The molecule has 1 aliphatic heterocycles. The first-order chi connectivity index (χ1) is 11.7. The largest absolute Gasteiger partial charge is 0.466 e. The summed E-state index contributed by atoms with van der Waals surface area (Å²) in [5.74, 6) is 2.45. The Morgan fingerprint density at radius 3 is 2.67 bits per heavy atom. The molecule has 2 aromatic rings. The van der Waals surface area contributed by atoms with Crippen LogP contribution in [0.4, 0.5) is 0 Å². The van der Waals surface area contributed by atoms with Gasteiger partial charge in [0.2, 0.25) is 0 Å². The summed E-state index contributed by atoms with van der Waals surface area (Å²) >= 11 is 0. The molecule has 1 saturated carbocycles. The van der Waals surface area contributed by atoms with Crippen molar-refractivity contribution in [2.45, 2.75) is 37.7 Å². The monoisotopic (exact) mass is 325 g/mol. The molecule has 1 aliphatic carbocycles. The van der Waals surface area contributed by atoms with Crippen molar-refractivity contribution < 1.29 is 9.52 Å². The number of hydrogen-bond acceptors (Lipinski definition) is 3. The molecule has 2 fully saturated rings. The molecule has 2 bridgehead atoms. The zero-order valence-corrected chi connectivity index (χ0v) is 14.2. The van der Waals surface area contributed by atoms with Crippen LogP contribution < -0.4 is 0 Å². The van der Waals surface area contributed by atoms with Gasteiger partial charge in [-0.25, -0.2) is 0 Å². The minimum Gasteiger partial charge on any atom is -0.466 e. The Morgan fingerprint density at radius 1 is 1.04 bits per heavy atom. The molecule has 0 radical (unpaired) electrons. The van der Waals surface area contributed by atoms with Gasteiger partial charge in [-0.15, -0.1) is 0 Å². The molecule has 1 saturated heterocycles. The minimum absolute atomic E-state index is 0.644. The van der Waals surface area contributed by atoms with Gasteiger partial charge in [-0.3, -0.25) is 0 Å². The molecule has 128 valence electrons. The van der Waals surface area contributed by atoms with Crippen LogP contribution in [0.1, 0.15) is 43.4 Å². The van der Waals surface area contributed by atoms with Gasteiger partial charge in [0.15, 0.2) is 0 Å². The van der Waals surface area contributed by atoms with Crippen LogP contribution in [0.5, 0.6) is 0 Å². The Hall–Kier alpha value is -1.58. The molecule has 2 aliphatic rings. The molecular weight excluding hydrogens is 298 g/mol. The summed E-state index contributed by atoms with van der Waals surface area (Å²) in [6.45, 7) is 3.28. The van der Waals surface area contributed by atoms with Crippen molar-refractivity contribution in [3.63, 3.8) is 0 Å². The predicted octanol–water partition coefficient (Wildman–Crippen LogP) is 4.03. The fraction of sp³-hybridized carbons (Fsp3) is 0.524. The van der Waals surface area contributed by atoms with Gasteiger partial charge in [-0.2, -0.15) is 0 Å². The van der Waals surface area contributed by atoms with Gasteiger partial charge in [0.05, 0.1) is 6.26 Å². The number of rotatable bonds is 5. The van der Waals surface area contributed by atoms with Crippen LogP contribution in [-0.4, -0.2) is 29.6 Å². The summed E-state index contributed by atoms with van der Waals surface area (Å²) in [7, 11) is 0. The molecule has 3 unspecified atom stereocenters. The predicted molar refractivity (Wildman–Crippen MR) is 94.7 cm³/mol. The maximum Gasteiger partial charge on any atom is 0.148 e. The molecule has 2 heterocycles. The lowest BCUT2D eigenvalue weighted by Crippen LogP contribution is -2.36. The summed E-state index contributed by atoms with van der Waals surface area (Å²) in [5.41, 5.74) is -0.132. The average Bonchev–Trinajstić information content (AvgIpc) is 3.25. The van der Waals surface area contributed by atoms with Gasteiger partial charge in [-0.05, 0) is 55.3 Å². The molecule has 3 nitrogen and oxygen atoms in total. The summed E-state index contributed by atoms with van der Waals surface area (Å²) in [6, 6.07) is 13.7. The summed E-state index contributed by atoms with van der Waals surface area (Å²) in [5, 5.41) is 11.5. The average molecular weight is 325 g/mol. The van der Waals surface area contributed by atoms with E-state index in [1.807, 2.05) is 42.5 Å². The van der Waals surface area contributed by atoms with Crippen molar-refractivity contribution in [2.24, 2.45) is 11.8 Å². The van der Waals surface area contributed by atoms with Crippen molar-refractivity contribution in [1.29, 1.82) is 0 Å². The molecule has 3 heteroatoms. The smallest absolute Gasteiger partial charge is 0.148 e. The van der Waals surface area contributed by atoms with Crippen LogP contribution in [0.3, 0.4) is 0 Å². The maximum absolute atomic E-state index is 11.5. The molecule has 1 aromatic carbocycles. The first kappa shape index (κ1) is 15.9. The van der Waals surface area contributed by atoms with E-state index in [-0.39, 0.29) is 0 Å². The normalized spacial score (nSPS) is 26.9. The Kier molecular flexibility index (Phi) is 4.47. The second-order valence-corrected chi connectivity index (χ2v) is 7.59. The second kappa shape index (κ2) is 6.73. The third kappa shape index (κ3) is 3.15. The van der Waals surface area contributed by atoms with Crippen LogP contribution in [-0.2, 0) is 5.60 Å². The Labute approximate surface area is 144 Å². The van der Waals surface area contributed by atoms with Gasteiger partial charge in [0.25, 0.3) is 0 Å². The lowest BCUT2D eigenvalue weighted by molar-refractivity contribution is 0.0349. The van der Waals surface area contributed by atoms with E-state index in [9.17, 15) is 5.11 Å². The highest BCUT2D eigenvalue weighted by Gasteiger charge is 2.36. The molecule has 1 N–H and O–H groups in total. The number of nitrogens with zero attached hydrogens (tertiary/aromatic N) is 1. The van der Waals surface area contributed by atoms with Crippen molar-refractivity contribution in [3.05, 3.63) is 60.1 Å². The van der Waals surface area contributed by atoms with E-state index in [2.05, 4.69) is 4.90 Å². The number of hydrogen-bond donors (Lipinski definition) is 1. The summed E-state index contributed by atoms with van der Waals surface area (Å²) in [4.78, 5) is 2.56. The van der Waals surface area contributed by atoms with Crippen molar-refractivity contribution in [2.75, 3.05) is 19.6 Å². The number of aliphatic hydroxyl groups is 1. The molecule has 24 heavy (non-hydrogen) atoms.